The molecule has 0 saturated heterocycles. The number of rotatable bonds is 6. The Labute approximate surface area is 319 Å². The summed E-state index contributed by atoms with van der Waals surface area (Å²) in [5, 5.41) is 17.6. The quantitative estimate of drug-likeness (QED) is 0.0906. The largest absolute Gasteiger partial charge is 3.00 e. The van der Waals surface area contributed by atoms with E-state index in [-0.39, 0.29) is 17.1 Å². The second-order valence-corrected chi connectivity index (χ2v) is 12.6. The Kier molecular flexibility index (Phi) is 19.7. The van der Waals surface area contributed by atoms with Crippen molar-refractivity contribution >= 4 is 78.9 Å². The molecule has 0 aliphatic carbocycles. The molecule has 48 heavy (non-hydrogen) atoms. The van der Waals surface area contributed by atoms with Crippen LogP contribution in [0.15, 0.2) is 127 Å². The first-order valence-corrected chi connectivity index (χ1v) is 16.8. The SMILES string of the molecule is CN(C)/C([S-])=N/N=C(\c1ccc(Br)cc1)c1ccccn1.CN(C)/C([S-])=N/N=C(\c1ccc(Br)cc1)c1ccccn1.[Fe+3].[O-][Cl+3]([O-])([O-])[O-]. The van der Waals surface area contributed by atoms with E-state index in [0.29, 0.717) is 21.8 Å². The van der Waals surface area contributed by atoms with Gasteiger partial charge >= 0.3 is 17.1 Å². The summed E-state index contributed by atoms with van der Waals surface area (Å²) in [4.78, 5) is 12.1. The van der Waals surface area contributed by atoms with Gasteiger partial charge in [-0.2, -0.15) is 10.2 Å². The summed E-state index contributed by atoms with van der Waals surface area (Å²) in [6.45, 7) is 0. The molecule has 0 atom stereocenters. The van der Waals surface area contributed by atoms with Crippen LogP contribution in [-0.4, -0.2) is 69.7 Å². The van der Waals surface area contributed by atoms with Crippen LogP contribution in [0.1, 0.15) is 22.5 Å². The van der Waals surface area contributed by atoms with E-state index in [1.54, 1.807) is 22.2 Å². The van der Waals surface area contributed by atoms with Crippen molar-refractivity contribution in [3.63, 3.8) is 0 Å². The minimum Gasteiger partial charge on any atom is -0.741 e. The van der Waals surface area contributed by atoms with Gasteiger partial charge in [0.05, 0.1) is 11.4 Å². The summed E-state index contributed by atoms with van der Waals surface area (Å²) in [6.07, 6.45) is 3.46. The van der Waals surface area contributed by atoms with Gasteiger partial charge in [0, 0.05) is 71.0 Å². The summed E-state index contributed by atoms with van der Waals surface area (Å²) in [5.74, 6) is 0. The minimum absolute atomic E-state index is 0. The number of hydrogen-bond acceptors (Lipinski definition) is 12. The molecule has 4 aromatic rings. The van der Waals surface area contributed by atoms with Crippen molar-refractivity contribution < 1.29 is 45.9 Å². The Morgan fingerprint density at radius 3 is 1.15 bits per heavy atom. The molecule has 1 radical (unpaired) electrons. The first-order chi connectivity index (χ1) is 22.2. The number of nitrogens with zero attached hydrogens (tertiary/aromatic N) is 8. The number of pyridine rings is 2. The average Bonchev–Trinajstić information content (AvgIpc) is 3.03. The molecule has 2 aromatic carbocycles. The van der Waals surface area contributed by atoms with Gasteiger partial charge in [0.2, 0.25) is 0 Å². The summed E-state index contributed by atoms with van der Waals surface area (Å²) in [6, 6.07) is 27.0. The van der Waals surface area contributed by atoms with Crippen molar-refractivity contribution in [3.8, 4) is 0 Å². The Morgan fingerprint density at radius 1 is 0.583 bits per heavy atom. The van der Waals surface area contributed by atoms with Crippen LogP contribution < -0.4 is 18.6 Å². The molecule has 0 aliphatic heterocycles. The topological polar surface area (TPSA) is 174 Å². The zero-order valence-corrected chi connectivity index (χ0v) is 32.4. The predicted octanol–water partition coefficient (Wildman–Crippen LogP) is 1.36. The van der Waals surface area contributed by atoms with Gasteiger partial charge in [-0.05, 0) is 48.5 Å². The first-order valence-electron chi connectivity index (χ1n) is 13.1. The van der Waals surface area contributed by atoms with E-state index < -0.39 is 10.2 Å². The van der Waals surface area contributed by atoms with E-state index in [2.05, 4.69) is 62.2 Å². The molecular weight excluding hydrogens is 852 g/mol. The maximum atomic E-state index is 8.49. The zero-order chi connectivity index (χ0) is 35.0. The first kappa shape index (κ1) is 43.1. The van der Waals surface area contributed by atoms with Crippen molar-refractivity contribution in [1.82, 2.24) is 19.8 Å². The Bertz CT molecular complexity index is 1540. The van der Waals surface area contributed by atoms with Gasteiger partial charge in [-0.25, -0.2) is 18.6 Å². The van der Waals surface area contributed by atoms with Crippen LogP contribution in [0.2, 0.25) is 0 Å². The van der Waals surface area contributed by atoms with Crippen molar-refractivity contribution in [2.24, 2.45) is 20.4 Å². The molecule has 4 rings (SSSR count). The fourth-order valence-electron chi connectivity index (χ4n) is 3.10. The normalized spacial score (nSPS) is 12.0. The van der Waals surface area contributed by atoms with Crippen LogP contribution in [0.5, 0.6) is 0 Å². The van der Waals surface area contributed by atoms with E-state index in [1.807, 2.05) is 113 Å². The molecule has 0 saturated carbocycles. The van der Waals surface area contributed by atoms with Crippen LogP contribution in [0.25, 0.3) is 0 Å². The summed E-state index contributed by atoms with van der Waals surface area (Å²) in [5.41, 5.74) is 4.75. The minimum atomic E-state index is -4.94. The van der Waals surface area contributed by atoms with E-state index in [1.165, 1.54) is 0 Å². The van der Waals surface area contributed by atoms with Crippen LogP contribution >= 0.6 is 31.9 Å². The van der Waals surface area contributed by atoms with Crippen molar-refractivity contribution in [2.45, 2.75) is 0 Å². The summed E-state index contributed by atoms with van der Waals surface area (Å²) >= 11 is 17.1. The zero-order valence-electron chi connectivity index (χ0n) is 25.8. The van der Waals surface area contributed by atoms with Gasteiger partial charge in [-0.1, -0.05) is 68.3 Å². The average molecular weight is 880 g/mol. The second kappa shape index (κ2) is 21.9. The summed E-state index contributed by atoms with van der Waals surface area (Å²) in [7, 11) is 2.39. The van der Waals surface area contributed by atoms with Crippen LogP contribution in [0.4, 0.5) is 0 Å². The van der Waals surface area contributed by atoms with Crippen molar-refractivity contribution in [1.29, 1.82) is 0 Å². The van der Waals surface area contributed by atoms with E-state index in [4.69, 9.17) is 43.9 Å². The molecule has 0 amide bonds. The molecule has 0 unspecified atom stereocenters. The maximum Gasteiger partial charge on any atom is 3.00 e. The van der Waals surface area contributed by atoms with Crippen molar-refractivity contribution in [2.75, 3.05) is 28.2 Å². The monoisotopic (exact) mass is 877 g/mol. The van der Waals surface area contributed by atoms with Gasteiger partial charge in [0.15, 0.2) is 0 Å². The fourth-order valence-corrected chi connectivity index (χ4v) is 3.71. The Morgan fingerprint density at radius 2 is 0.896 bits per heavy atom. The number of halogens is 3. The van der Waals surface area contributed by atoms with E-state index in [9.17, 15) is 0 Å². The molecule has 0 aliphatic rings. The third-order valence-corrected chi connectivity index (χ3v) is 7.24. The van der Waals surface area contributed by atoms with Gasteiger partial charge in [0.25, 0.3) is 0 Å². The number of aromatic nitrogens is 2. The molecule has 0 bridgehead atoms. The molecular formula is C30H28Br2ClFeN8O4S2. The molecule has 18 heteroatoms. The standard InChI is InChI=1S/2C15H15BrN4S.ClHO4.Fe/c2*1-20(2)15(21)19-18-14(13-5-3-4-10-17-13)11-6-8-12(16)9-7-11;2-1(3,4)5;/h2*3-10H,1-2H3,(H,19,21);(H,2,3,4,5);/q;;;+3/p-3/b2*18-14+;;. The predicted molar refractivity (Wildman–Crippen MR) is 185 cm³/mol. The number of hydrogen-bond donors (Lipinski definition) is 0. The van der Waals surface area contributed by atoms with Crippen LogP contribution in [-0.2, 0) is 42.3 Å². The molecule has 0 fully saturated rings. The van der Waals surface area contributed by atoms with E-state index in [0.717, 1.165) is 31.5 Å². The Balaban J connectivity index is 0.000000413. The molecule has 0 N–H and O–H groups in total. The maximum absolute atomic E-state index is 8.49. The van der Waals surface area contributed by atoms with Crippen LogP contribution in [0, 0.1) is 10.2 Å². The molecule has 12 nitrogen and oxygen atoms in total. The molecule has 2 heterocycles. The smallest absolute Gasteiger partial charge is 0.741 e. The van der Waals surface area contributed by atoms with Gasteiger partial charge < -0.3 is 35.1 Å². The number of amidine groups is 2. The van der Waals surface area contributed by atoms with Crippen LogP contribution in [0.3, 0.4) is 0 Å². The molecule has 253 valence electrons. The third kappa shape index (κ3) is 16.9. The summed E-state index contributed by atoms with van der Waals surface area (Å²) < 4.78 is 36.0. The van der Waals surface area contributed by atoms with Gasteiger partial charge in [-0.15, -0.1) is 20.4 Å². The Hall–Kier alpha value is -2.93. The second-order valence-electron chi connectivity index (χ2n) is 9.27. The third-order valence-electron chi connectivity index (χ3n) is 5.29. The van der Waals surface area contributed by atoms with Crippen molar-refractivity contribution in [3.05, 3.63) is 129 Å². The molecule has 0 spiro atoms. The fraction of sp³-hybridized carbons (Fsp3) is 0.133. The number of benzene rings is 2. The van der Waals surface area contributed by atoms with Gasteiger partial charge in [-0.3, -0.25) is 9.97 Å². The van der Waals surface area contributed by atoms with Gasteiger partial charge in [0.1, 0.15) is 11.4 Å². The van der Waals surface area contributed by atoms with E-state index >= 15 is 0 Å². The molecule has 2 aromatic heterocycles.